The number of halogens is 1. The lowest BCUT2D eigenvalue weighted by atomic mass is 10.2. The summed E-state index contributed by atoms with van der Waals surface area (Å²) in [4.78, 5) is 13.6. The molecule has 0 aromatic heterocycles. The van der Waals surface area contributed by atoms with Gasteiger partial charge in [0, 0.05) is 13.1 Å². The molecule has 1 aromatic carbocycles. The van der Waals surface area contributed by atoms with Gasteiger partial charge < -0.3 is 15.0 Å². The molecule has 2 amide bonds. The molecule has 2 rings (SSSR count). The third-order valence-electron chi connectivity index (χ3n) is 2.64. The highest BCUT2D eigenvalue weighted by Crippen LogP contribution is 2.23. The molecule has 1 fully saturated rings. The van der Waals surface area contributed by atoms with Crippen LogP contribution in [0.15, 0.2) is 18.2 Å². The number of hydrogen-bond donors (Lipinski definition) is 1. The molecule has 1 N–H and O–H groups in total. The van der Waals surface area contributed by atoms with Gasteiger partial charge in [0.05, 0.1) is 35.6 Å². The van der Waals surface area contributed by atoms with Crippen LogP contribution in [0.5, 0.6) is 0 Å². The summed E-state index contributed by atoms with van der Waals surface area (Å²) < 4.78 is 5.17. The van der Waals surface area contributed by atoms with Gasteiger partial charge in [-0.05, 0) is 18.2 Å². The minimum absolute atomic E-state index is 0.204. The lowest BCUT2D eigenvalue weighted by Crippen LogP contribution is -2.43. The SMILES string of the molecule is N#Cc1ccc(NC(=O)N2CCOCC2)c(Cl)c1. The van der Waals surface area contributed by atoms with Gasteiger partial charge in [-0.1, -0.05) is 11.6 Å². The summed E-state index contributed by atoms with van der Waals surface area (Å²) in [5, 5.41) is 11.8. The van der Waals surface area contributed by atoms with Crippen molar-refractivity contribution in [2.24, 2.45) is 0 Å². The number of nitriles is 1. The molecule has 0 bridgehead atoms. The summed E-state index contributed by atoms with van der Waals surface area (Å²) in [5.41, 5.74) is 0.969. The summed E-state index contributed by atoms with van der Waals surface area (Å²) in [6, 6.07) is 6.54. The number of urea groups is 1. The zero-order valence-electron chi connectivity index (χ0n) is 9.65. The second kappa shape index (κ2) is 5.71. The number of nitrogens with zero attached hydrogens (tertiary/aromatic N) is 2. The molecule has 0 unspecified atom stereocenters. The minimum atomic E-state index is -0.204. The number of benzene rings is 1. The Hall–Kier alpha value is -1.77. The maximum atomic E-state index is 11.9. The molecule has 1 aliphatic rings. The average molecular weight is 266 g/mol. The molecule has 6 heteroatoms. The lowest BCUT2D eigenvalue weighted by molar-refractivity contribution is 0.0564. The van der Waals surface area contributed by atoms with Crippen molar-refractivity contribution in [1.29, 1.82) is 5.26 Å². The Morgan fingerprint density at radius 2 is 2.17 bits per heavy atom. The molecule has 18 heavy (non-hydrogen) atoms. The maximum Gasteiger partial charge on any atom is 0.322 e. The van der Waals surface area contributed by atoms with Crippen molar-refractivity contribution in [2.75, 3.05) is 31.6 Å². The van der Waals surface area contributed by atoms with E-state index in [1.54, 1.807) is 17.0 Å². The van der Waals surface area contributed by atoms with Gasteiger partial charge in [0.15, 0.2) is 0 Å². The maximum absolute atomic E-state index is 11.9. The Morgan fingerprint density at radius 1 is 1.44 bits per heavy atom. The normalized spacial score (nSPS) is 15.0. The first-order valence-corrected chi connectivity index (χ1v) is 5.92. The summed E-state index contributed by atoms with van der Waals surface area (Å²) >= 11 is 5.98. The summed E-state index contributed by atoms with van der Waals surface area (Å²) in [7, 11) is 0. The minimum Gasteiger partial charge on any atom is -0.378 e. The molecule has 0 aliphatic carbocycles. The van der Waals surface area contributed by atoms with E-state index in [0.29, 0.717) is 42.6 Å². The molecular formula is C12H12ClN3O2. The third-order valence-corrected chi connectivity index (χ3v) is 2.95. The van der Waals surface area contributed by atoms with Crippen LogP contribution in [-0.4, -0.2) is 37.2 Å². The van der Waals surface area contributed by atoms with E-state index in [1.165, 1.54) is 6.07 Å². The van der Waals surface area contributed by atoms with Crippen LogP contribution in [0.3, 0.4) is 0 Å². The molecule has 1 aliphatic heterocycles. The highest BCUT2D eigenvalue weighted by molar-refractivity contribution is 6.33. The van der Waals surface area contributed by atoms with Crippen LogP contribution < -0.4 is 5.32 Å². The van der Waals surface area contributed by atoms with Crippen molar-refractivity contribution < 1.29 is 9.53 Å². The zero-order valence-corrected chi connectivity index (χ0v) is 10.4. The molecule has 1 aromatic rings. The predicted octanol–water partition coefficient (Wildman–Crippen LogP) is 2.08. The van der Waals surface area contributed by atoms with Gasteiger partial charge in [0.2, 0.25) is 0 Å². The summed E-state index contributed by atoms with van der Waals surface area (Å²) in [6.45, 7) is 2.24. The van der Waals surface area contributed by atoms with Crippen LogP contribution >= 0.6 is 11.6 Å². The quantitative estimate of drug-likeness (QED) is 0.845. The van der Waals surface area contributed by atoms with Crippen molar-refractivity contribution in [1.82, 2.24) is 4.90 Å². The van der Waals surface area contributed by atoms with Gasteiger partial charge in [-0.15, -0.1) is 0 Å². The van der Waals surface area contributed by atoms with Crippen LogP contribution in [-0.2, 0) is 4.74 Å². The Morgan fingerprint density at radius 3 is 2.78 bits per heavy atom. The van der Waals surface area contributed by atoms with Gasteiger partial charge in [0.1, 0.15) is 0 Å². The van der Waals surface area contributed by atoms with Crippen molar-refractivity contribution in [3.05, 3.63) is 28.8 Å². The topological polar surface area (TPSA) is 65.4 Å². The lowest BCUT2D eigenvalue weighted by Gasteiger charge is -2.27. The number of ether oxygens (including phenoxy) is 1. The smallest absolute Gasteiger partial charge is 0.322 e. The second-order valence-corrected chi connectivity index (χ2v) is 4.24. The third kappa shape index (κ3) is 2.92. The fourth-order valence-electron chi connectivity index (χ4n) is 1.65. The second-order valence-electron chi connectivity index (χ2n) is 3.84. The van der Waals surface area contributed by atoms with E-state index >= 15 is 0 Å². The number of rotatable bonds is 1. The summed E-state index contributed by atoms with van der Waals surface area (Å²) in [5.74, 6) is 0. The average Bonchev–Trinajstić information content (AvgIpc) is 2.42. The van der Waals surface area contributed by atoms with Gasteiger partial charge in [-0.3, -0.25) is 0 Å². The fraction of sp³-hybridized carbons (Fsp3) is 0.333. The Bertz CT molecular complexity index is 493. The first kappa shape index (κ1) is 12.7. The molecule has 0 spiro atoms. The Balaban J connectivity index is 2.04. The molecule has 0 atom stereocenters. The highest BCUT2D eigenvalue weighted by Gasteiger charge is 2.17. The van der Waals surface area contributed by atoms with Crippen LogP contribution in [0.2, 0.25) is 5.02 Å². The Labute approximate surface area is 110 Å². The number of amides is 2. The van der Waals surface area contributed by atoms with Gasteiger partial charge in [-0.2, -0.15) is 5.26 Å². The molecule has 5 nitrogen and oxygen atoms in total. The first-order valence-electron chi connectivity index (χ1n) is 5.54. The zero-order chi connectivity index (χ0) is 13.0. The molecule has 1 heterocycles. The number of carbonyl (C=O) groups is 1. The fourth-order valence-corrected chi connectivity index (χ4v) is 1.87. The summed E-state index contributed by atoms with van der Waals surface area (Å²) in [6.07, 6.45) is 0. The van der Waals surface area contributed by atoms with Crippen molar-refractivity contribution in [3.8, 4) is 6.07 Å². The molecule has 0 saturated carbocycles. The van der Waals surface area contributed by atoms with Crippen molar-refractivity contribution in [2.45, 2.75) is 0 Å². The van der Waals surface area contributed by atoms with E-state index < -0.39 is 0 Å². The Kier molecular flexibility index (Phi) is 4.03. The molecule has 94 valence electrons. The van der Waals surface area contributed by atoms with E-state index in [0.717, 1.165) is 0 Å². The monoisotopic (exact) mass is 265 g/mol. The van der Waals surface area contributed by atoms with Gasteiger partial charge in [-0.25, -0.2) is 4.79 Å². The van der Waals surface area contributed by atoms with Gasteiger partial charge in [0.25, 0.3) is 0 Å². The number of carbonyl (C=O) groups excluding carboxylic acids is 1. The number of morpholine rings is 1. The first-order chi connectivity index (χ1) is 8.70. The van der Waals surface area contributed by atoms with Crippen molar-refractivity contribution in [3.63, 3.8) is 0 Å². The van der Waals surface area contributed by atoms with E-state index in [9.17, 15) is 4.79 Å². The molecular weight excluding hydrogens is 254 g/mol. The van der Waals surface area contributed by atoms with Crippen LogP contribution in [0, 0.1) is 11.3 Å². The highest BCUT2D eigenvalue weighted by atomic mass is 35.5. The van der Waals surface area contributed by atoms with Crippen molar-refractivity contribution >= 4 is 23.3 Å². The van der Waals surface area contributed by atoms with E-state index in [1.807, 2.05) is 6.07 Å². The number of nitrogens with one attached hydrogen (secondary N) is 1. The van der Waals surface area contributed by atoms with E-state index in [-0.39, 0.29) is 6.03 Å². The number of hydrogen-bond acceptors (Lipinski definition) is 3. The largest absolute Gasteiger partial charge is 0.378 e. The molecule has 1 saturated heterocycles. The van der Waals surface area contributed by atoms with E-state index in [4.69, 9.17) is 21.6 Å². The van der Waals surface area contributed by atoms with E-state index in [2.05, 4.69) is 5.32 Å². The van der Waals surface area contributed by atoms with Crippen LogP contribution in [0.4, 0.5) is 10.5 Å². The number of anilines is 1. The standard InChI is InChI=1S/C12H12ClN3O2/c13-10-7-9(8-14)1-2-11(10)15-12(17)16-3-5-18-6-4-16/h1-2,7H,3-6H2,(H,15,17). The molecule has 0 radical (unpaired) electrons. The predicted molar refractivity (Wildman–Crippen MR) is 67.6 cm³/mol. The van der Waals surface area contributed by atoms with Gasteiger partial charge >= 0.3 is 6.03 Å². The van der Waals surface area contributed by atoms with Crippen LogP contribution in [0.1, 0.15) is 5.56 Å². The van der Waals surface area contributed by atoms with Crippen LogP contribution in [0.25, 0.3) is 0 Å².